The zero-order valence-corrected chi connectivity index (χ0v) is 10.9. The summed E-state index contributed by atoms with van der Waals surface area (Å²) in [6, 6.07) is 7.89. The predicted octanol–water partition coefficient (Wildman–Crippen LogP) is 3.86. The molecular weight excluding hydrogens is 320 g/mol. The van der Waals surface area contributed by atoms with Crippen molar-refractivity contribution in [2.45, 2.75) is 0 Å². The first-order valence-electron chi connectivity index (χ1n) is 4.33. The molecule has 2 N–H and O–H groups in total. The standard InChI is InChI=1S/C11H8Br2N2/c12-9-4-8(5-10(13)11(9)14)7-2-1-3-15-6-7/h1-6H,14H2. The Kier molecular flexibility index (Phi) is 3.07. The van der Waals surface area contributed by atoms with Crippen LogP contribution in [-0.4, -0.2) is 4.98 Å². The maximum Gasteiger partial charge on any atom is 0.0603 e. The van der Waals surface area contributed by atoms with E-state index in [4.69, 9.17) is 5.73 Å². The molecule has 4 heteroatoms. The van der Waals surface area contributed by atoms with E-state index in [2.05, 4.69) is 36.8 Å². The zero-order chi connectivity index (χ0) is 10.8. The number of nitrogens with two attached hydrogens (primary N) is 1. The Morgan fingerprint density at radius 2 is 1.73 bits per heavy atom. The highest BCUT2D eigenvalue weighted by Gasteiger charge is 2.05. The molecule has 2 nitrogen and oxygen atoms in total. The van der Waals surface area contributed by atoms with Crippen molar-refractivity contribution < 1.29 is 0 Å². The number of hydrogen-bond donors (Lipinski definition) is 1. The molecule has 0 aliphatic carbocycles. The topological polar surface area (TPSA) is 38.9 Å². The Bertz CT molecular complexity index is 460. The fourth-order valence-electron chi connectivity index (χ4n) is 1.28. The molecule has 1 heterocycles. The summed E-state index contributed by atoms with van der Waals surface area (Å²) in [6.07, 6.45) is 3.58. The fourth-order valence-corrected chi connectivity index (χ4v) is 2.47. The van der Waals surface area contributed by atoms with Crippen molar-refractivity contribution >= 4 is 37.5 Å². The van der Waals surface area contributed by atoms with Gasteiger partial charge in [-0.3, -0.25) is 4.98 Å². The quantitative estimate of drug-likeness (QED) is 0.808. The summed E-state index contributed by atoms with van der Waals surface area (Å²) in [7, 11) is 0. The van der Waals surface area contributed by atoms with Crippen molar-refractivity contribution in [1.29, 1.82) is 0 Å². The SMILES string of the molecule is Nc1c(Br)cc(-c2cccnc2)cc1Br. The Morgan fingerprint density at radius 3 is 2.27 bits per heavy atom. The van der Waals surface area contributed by atoms with Gasteiger partial charge in [-0.25, -0.2) is 0 Å². The van der Waals surface area contributed by atoms with E-state index in [1.807, 2.05) is 30.5 Å². The van der Waals surface area contributed by atoms with E-state index in [-0.39, 0.29) is 0 Å². The molecule has 76 valence electrons. The average molecular weight is 328 g/mol. The number of benzene rings is 1. The van der Waals surface area contributed by atoms with Crippen LogP contribution in [0.5, 0.6) is 0 Å². The van der Waals surface area contributed by atoms with Gasteiger partial charge in [-0.15, -0.1) is 0 Å². The molecule has 2 rings (SSSR count). The van der Waals surface area contributed by atoms with Crippen LogP contribution in [0, 0.1) is 0 Å². The maximum absolute atomic E-state index is 5.82. The molecule has 0 aliphatic rings. The van der Waals surface area contributed by atoms with Crippen LogP contribution >= 0.6 is 31.9 Å². The van der Waals surface area contributed by atoms with E-state index in [1.54, 1.807) is 6.20 Å². The minimum atomic E-state index is 0.711. The van der Waals surface area contributed by atoms with Crippen LogP contribution in [0.4, 0.5) is 5.69 Å². The van der Waals surface area contributed by atoms with Gasteiger partial charge in [0.1, 0.15) is 0 Å². The first-order valence-corrected chi connectivity index (χ1v) is 5.92. The van der Waals surface area contributed by atoms with Gasteiger partial charge in [0.15, 0.2) is 0 Å². The zero-order valence-electron chi connectivity index (χ0n) is 7.74. The number of rotatable bonds is 1. The number of aromatic nitrogens is 1. The Labute approximate surface area is 105 Å². The van der Waals surface area contributed by atoms with E-state index in [9.17, 15) is 0 Å². The molecule has 0 aliphatic heterocycles. The second-order valence-corrected chi connectivity index (χ2v) is 4.80. The Balaban J connectivity index is 2.56. The molecule has 0 amide bonds. The molecule has 0 saturated heterocycles. The van der Waals surface area contributed by atoms with Gasteiger partial charge in [0, 0.05) is 26.9 Å². The monoisotopic (exact) mass is 326 g/mol. The normalized spacial score (nSPS) is 10.3. The summed E-state index contributed by atoms with van der Waals surface area (Å²) in [5.41, 5.74) is 8.68. The third kappa shape index (κ3) is 2.21. The van der Waals surface area contributed by atoms with Gasteiger partial charge >= 0.3 is 0 Å². The molecule has 0 radical (unpaired) electrons. The number of pyridine rings is 1. The third-order valence-corrected chi connectivity index (χ3v) is 3.39. The van der Waals surface area contributed by atoms with E-state index in [0.717, 1.165) is 20.1 Å². The molecule has 1 aromatic heterocycles. The minimum Gasteiger partial charge on any atom is -0.397 e. The number of nitrogens with zero attached hydrogens (tertiary/aromatic N) is 1. The summed E-state index contributed by atoms with van der Waals surface area (Å²) in [4.78, 5) is 4.08. The molecule has 0 spiro atoms. The lowest BCUT2D eigenvalue weighted by Gasteiger charge is -2.06. The van der Waals surface area contributed by atoms with Crippen molar-refractivity contribution in [2.24, 2.45) is 0 Å². The summed E-state index contributed by atoms with van der Waals surface area (Å²) >= 11 is 6.84. The van der Waals surface area contributed by atoms with Crippen LogP contribution in [0.1, 0.15) is 0 Å². The van der Waals surface area contributed by atoms with Gasteiger partial charge in [0.2, 0.25) is 0 Å². The fraction of sp³-hybridized carbons (Fsp3) is 0. The molecule has 0 atom stereocenters. The van der Waals surface area contributed by atoms with Crippen molar-refractivity contribution in [3.63, 3.8) is 0 Å². The molecule has 0 fully saturated rings. The number of anilines is 1. The van der Waals surface area contributed by atoms with E-state index in [1.165, 1.54) is 0 Å². The van der Waals surface area contributed by atoms with Gasteiger partial charge in [0.05, 0.1) is 5.69 Å². The first-order chi connectivity index (χ1) is 7.18. The van der Waals surface area contributed by atoms with Crippen molar-refractivity contribution in [1.82, 2.24) is 4.98 Å². The van der Waals surface area contributed by atoms with Crippen molar-refractivity contribution in [3.8, 4) is 11.1 Å². The highest BCUT2D eigenvalue weighted by molar-refractivity contribution is 9.11. The lowest BCUT2D eigenvalue weighted by atomic mass is 10.1. The second kappa shape index (κ2) is 4.33. The van der Waals surface area contributed by atoms with Crippen LogP contribution in [0.15, 0.2) is 45.6 Å². The molecule has 15 heavy (non-hydrogen) atoms. The van der Waals surface area contributed by atoms with Crippen LogP contribution in [-0.2, 0) is 0 Å². The maximum atomic E-state index is 5.82. The lowest BCUT2D eigenvalue weighted by Crippen LogP contribution is -1.89. The van der Waals surface area contributed by atoms with Crippen LogP contribution < -0.4 is 5.73 Å². The third-order valence-electron chi connectivity index (χ3n) is 2.07. The number of hydrogen-bond acceptors (Lipinski definition) is 2. The average Bonchev–Trinajstić information content (AvgIpc) is 2.26. The molecule has 2 aromatic rings. The Hall–Kier alpha value is -0.870. The van der Waals surface area contributed by atoms with Gasteiger partial charge < -0.3 is 5.73 Å². The van der Waals surface area contributed by atoms with Gasteiger partial charge in [-0.1, -0.05) is 6.07 Å². The highest BCUT2D eigenvalue weighted by atomic mass is 79.9. The summed E-state index contributed by atoms with van der Waals surface area (Å²) < 4.78 is 1.77. The van der Waals surface area contributed by atoms with Crippen LogP contribution in [0.2, 0.25) is 0 Å². The molecule has 0 bridgehead atoms. The minimum absolute atomic E-state index is 0.711. The number of nitrogen functional groups attached to an aromatic ring is 1. The summed E-state index contributed by atoms with van der Waals surface area (Å²) in [5, 5.41) is 0. The smallest absolute Gasteiger partial charge is 0.0603 e. The summed E-state index contributed by atoms with van der Waals surface area (Å²) in [5.74, 6) is 0. The Morgan fingerprint density at radius 1 is 1.07 bits per heavy atom. The summed E-state index contributed by atoms with van der Waals surface area (Å²) in [6.45, 7) is 0. The molecule has 0 saturated carbocycles. The number of halogens is 2. The molecule has 1 aromatic carbocycles. The predicted molar refractivity (Wildman–Crippen MR) is 69.5 cm³/mol. The van der Waals surface area contributed by atoms with Crippen LogP contribution in [0.25, 0.3) is 11.1 Å². The lowest BCUT2D eigenvalue weighted by molar-refractivity contribution is 1.33. The van der Waals surface area contributed by atoms with Crippen LogP contribution in [0.3, 0.4) is 0 Å². The van der Waals surface area contributed by atoms with Gasteiger partial charge in [-0.2, -0.15) is 0 Å². The van der Waals surface area contributed by atoms with Crippen molar-refractivity contribution in [2.75, 3.05) is 5.73 Å². The van der Waals surface area contributed by atoms with E-state index >= 15 is 0 Å². The second-order valence-electron chi connectivity index (χ2n) is 3.10. The molecule has 0 unspecified atom stereocenters. The highest BCUT2D eigenvalue weighted by Crippen LogP contribution is 2.33. The van der Waals surface area contributed by atoms with Crippen molar-refractivity contribution in [3.05, 3.63) is 45.6 Å². The van der Waals surface area contributed by atoms with Gasteiger partial charge in [0.25, 0.3) is 0 Å². The van der Waals surface area contributed by atoms with E-state index < -0.39 is 0 Å². The largest absolute Gasteiger partial charge is 0.397 e. The first kappa shape index (κ1) is 10.6. The van der Waals surface area contributed by atoms with E-state index in [0.29, 0.717) is 5.69 Å². The molecular formula is C11H8Br2N2. The van der Waals surface area contributed by atoms with Gasteiger partial charge in [-0.05, 0) is 55.6 Å².